The quantitative estimate of drug-likeness (QED) is 0.812. The molecule has 0 aliphatic rings. The lowest BCUT2D eigenvalue weighted by Crippen LogP contribution is -2.53. The van der Waals surface area contributed by atoms with Gasteiger partial charge in [-0.15, -0.1) is 0 Å². The van der Waals surface area contributed by atoms with Gasteiger partial charge in [-0.25, -0.2) is 0 Å². The Kier molecular flexibility index (Phi) is 3.67. The highest BCUT2D eigenvalue weighted by Crippen LogP contribution is 2.31. The number of nitrogens with two attached hydrogens (primary N) is 1. The summed E-state index contributed by atoms with van der Waals surface area (Å²) in [4.78, 5) is 26.2. The van der Waals surface area contributed by atoms with Crippen LogP contribution < -0.4 is 11.1 Å². The smallest absolute Gasteiger partial charge is 0.268 e. The van der Waals surface area contributed by atoms with E-state index in [2.05, 4.69) is 10.3 Å². The monoisotopic (exact) mass is 313 g/mol. The Morgan fingerprint density at radius 3 is 2.55 bits per heavy atom. The van der Waals surface area contributed by atoms with E-state index in [1.807, 2.05) is 0 Å². The van der Waals surface area contributed by atoms with Crippen molar-refractivity contribution in [2.45, 2.75) is 19.4 Å². The molecule has 2 rings (SSSR count). The molecule has 0 saturated heterocycles. The average molecular weight is 314 g/mol. The molecule has 1 aromatic heterocycles. The van der Waals surface area contributed by atoms with Crippen LogP contribution >= 0.6 is 23.2 Å². The number of amides is 2. The number of H-pyrrole nitrogens is 1. The van der Waals surface area contributed by atoms with Gasteiger partial charge in [0.25, 0.3) is 5.91 Å². The fraction of sp³-hybridized carbons (Fsp3) is 0.231. The Hall–Kier alpha value is -1.72. The van der Waals surface area contributed by atoms with Gasteiger partial charge in [-0.2, -0.15) is 0 Å². The summed E-state index contributed by atoms with van der Waals surface area (Å²) in [5, 5.41) is 3.96. The van der Waals surface area contributed by atoms with Crippen molar-refractivity contribution in [2.24, 2.45) is 5.73 Å². The molecular formula is C13H13Cl2N3O2. The molecule has 2 amide bonds. The van der Waals surface area contributed by atoms with E-state index in [9.17, 15) is 9.59 Å². The summed E-state index contributed by atoms with van der Waals surface area (Å²) in [5.41, 5.74) is 5.03. The summed E-state index contributed by atoms with van der Waals surface area (Å²) in [5.74, 6) is -1.07. The molecule has 2 aromatic rings. The SMILES string of the molecule is CC(C)(NC(=O)c1cc2c(Cl)c(Cl)ccc2[nH]1)C(N)=O. The van der Waals surface area contributed by atoms with Crippen molar-refractivity contribution in [3.05, 3.63) is 33.9 Å². The standard InChI is InChI=1S/C13H13Cl2N3O2/c1-13(2,12(16)20)18-11(19)9-5-6-8(17-9)4-3-7(14)10(6)15/h3-5,17H,1-2H3,(H2,16,20)(H,18,19). The van der Waals surface area contributed by atoms with Crippen LogP contribution in [0.15, 0.2) is 18.2 Å². The van der Waals surface area contributed by atoms with Gasteiger partial charge in [0, 0.05) is 10.9 Å². The lowest BCUT2D eigenvalue weighted by Gasteiger charge is -2.21. The Bertz CT molecular complexity index is 707. The first kappa shape index (κ1) is 14.7. The maximum atomic E-state index is 12.1. The highest BCUT2D eigenvalue weighted by Gasteiger charge is 2.28. The van der Waals surface area contributed by atoms with Gasteiger partial charge in [-0.1, -0.05) is 23.2 Å². The maximum Gasteiger partial charge on any atom is 0.268 e. The number of aromatic amines is 1. The van der Waals surface area contributed by atoms with E-state index < -0.39 is 17.4 Å². The fourth-order valence-corrected chi connectivity index (χ4v) is 2.06. The molecular weight excluding hydrogens is 301 g/mol. The summed E-state index contributed by atoms with van der Waals surface area (Å²) < 4.78 is 0. The van der Waals surface area contributed by atoms with Crippen molar-refractivity contribution in [3.8, 4) is 0 Å². The minimum atomic E-state index is -1.14. The predicted molar refractivity (Wildman–Crippen MR) is 79.1 cm³/mol. The zero-order valence-electron chi connectivity index (χ0n) is 10.9. The van der Waals surface area contributed by atoms with Crippen LogP contribution in [0.25, 0.3) is 10.9 Å². The van der Waals surface area contributed by atoms with E-state index >= 15 is 0 Å². The van der Waals surface area contributed by atoms with E-state index in [0.29, 0.717) is 20.9 Å². The minimum Gasteiger partial charge on any atom is -0.368 e. The average Bonchev–Trinajstić information content (AvgIpc) is 2.78. The molecule has 106 valence electrons. The molecule has 4 N–H and O–H groups in total. The molecule has 0 radical (unpaired) electrons. The van der Waals surface area contributed by atoms with Crippen LogP contribution in [0.1, 0.15) is 24.3 Å². The molecule has 0 unspecified atom stereocenters. The van der Waals surface area contributed by atoms with Gasteiger partial charge < -0.3 is 16.0 Å². The van der Waals surface area contributed by atoms with Crippen molar-refractivity contribution >= 4 is 45.9 Å². The van der Waals surface area contributed by atoms with Gasteiger partial charge in [0.05, 0.1) is 10.0 Å². The first-order valence-electron chi connectivity index (χ1n) is 5.81. The second kappa shape index (κ2) is 5.00. The van der Waals surface area contributed by atoms with Gasteiger partial charge in [-0.3, -0.25) is 9.59 Å². The fourth-order valence-electron chi connectivity index (χ4n) is 1.68. The first-order valence-corrected chi connectivity index (χ1v) is 6.57. The summed E-state index contributed by atoms with van der Waals surface area (Å²) >= 11 is 12.0. The van der Waals surface area contributed by atoms with E-state index in [-0.39, 0.29) is 5.69 Å². The topological polar surface area (TPSA) is 88.0 Å². The Balaban J connectivity index is 2.37. The van der Waals surface area contributed by atoms with Crippen LogP contribution in [-0.2, 0) is 4.79 Å². The van der Waals surface area contributed by atoms with E-state index in [4.69, 9.17) is 28.9 Å². The minimum absolute atomic E-state index is 0.276. The van der Waals surface area contributed by atoms with Crippen LogP contribution in [0.4, 0.5) is 0 Å². The van der Waals surface area contributed by atoms with E-state index in [0.717, 1.165) is 0 Å². The van der Waals surface area contributed by atoms with Crippen LogP contribution in [0, 0.1) is 0 Å². The molecule has 20 heavy (non-hydrogen) atoms. The molecule has 0 fully saturated rings. The number of primary amides is 1. The van der Waals surface area contributed by atoms with Crippen molar-refractivity contribution < 1.29 is 9.59 Å². The predicted octanol–water partition coefficient (Wildman–Crippen LogP) is 2.47. The van der Waals surface area contributed by atoms with Crippen LogP contribution in [0.2, 0.25) is 10.0 Å². The molecule has 0 aliphatic carbocycles. The van der Waals surface area contributed by atoms with Crippen LogP contribution in [0.5, 0.6) is 0 Å². The highest BCUT2D eigenvalue weighted by molar-refractivity contribution is 6.45. The lowest BCUT2D eigenvalue weighted by atomic mass is 10.1. The molecule has 1 heterocycles. The van der Waals surface area contributed by atoms with E-state index in [1.165, 1.54) is 13.8 Å². The lowest BCUT2D eigenvalue weighted by molar-refractivity contribution is -0.122. The molecule has 0 bridgehead atoms. The second-order valence-electron chi connectivity index (χ2n) is 4.95. The van der Waals surface area contributed by atoms with Crippen LogP contribution in [0.3, 0.4) is 0 Å². The number of fused-ring (bicyclic) bond motifs is 1. The van der Waals surface area contributed by atoms with Gasteiger partial charge in [0.15, 0.2) is 0 Å². The molecule has 5 nitrogen and oxygen atoms in total. The zero-order valence-corrected chi connectivity index (χ0v) is 12.4. The number of hydrogen-bond donors (Lipinski definition) is 3. The number of rotatable bonds is 3. The normalized spacial score (nSPS) is 11.6. The molecule has 0 atom stereocenters. The zero-order chi connectivity index (χ0) is 15.1. The third-order valence-corrected chi connectivity index (χ3v) is 3.80. The number of nitrogens with one attached hydrogen (secondary N) is 2. The van der Waals surface area contributed by atoms with Crippen molar-refractivity contribution in [2.75, 3.05) is 0 Å². The Labute approximate surface area is 125 Å². The molecule has 1 aromatic carbocycles. The van der Waals surface area contributed by atoms with Gasteiger partial charge >= 0.3 is 0 Å². The number of benzene rings is 1. The van der Waals surface area contributed by atoms with Crippen molar-refractivity contribution in [1.29, 1.82) is 0 Å². The number of halogens is 2. The van der Waals surface area contributed by atoms with Gasteiger partial charge in [0.1, 0.15) is 11.2 Å². The number of hydrogen-bond acceptors (Lipinski definition) is 2. The highest BCUT2D eigenvalue weighted by atomic mass is 35.5. The molecule has 0 aliphatic heterocycles. The third-order valence-electron chi connectivity index (χ3n) is 2.98. The van der Waals surface area contributed by atoms with Gasteiger partial charge in [-0.05, 0) is 32.0 Å². The maximum absolute atomic E-state index is 12.1. The molecule has 0 spiro atoms. The molecule has 0 saturated carbocycles. The number of aromatic nitrogens is 1. The van der Waals surface area contributed by atoms with Crippen molar-refractivity contribution in [1.82, 2.24) is 10.3 Å². The summed E-state index contributed by atoms with van der Waals surface area (Å²) in [6.07, 6.45) is 0. The van der Waals surface area contributed by atoms with Crippen molar-refractivity contribution in [3.63, 3.8) is 0 Å². The largest absolute Gasteiger partial charge is 0.368 e. The Morgan fingerprint density at radius 2 is 1.95 bits per heavy atom. The van der Waals surface area contributed by atoms with Gasteiger partial charge in [0.2, 0.25) is 5.91 Å². The summed E-state index contributed by atoms with van der Waals surface area (Å²) in [6.45, 7) is 3.06. The summed E-state index contributed by atoms with van der Waals surface area (Å²) in [7, 11) is 0. The Morgan fingerprint density at radius 1 is 1.30 bits per heavy atom. The molecule has 7 heteroatoms. The number of carbonyl (C=O) groups excluding carboxylic acids is 2. The van der Waals surface area contributed by atoms with Crippen LogP contribution in [-0.4, -0.2) is 22.3 Å². The first-order chi connectivity index (χ1) is 9.22. The second-order valence-corrected chi connectivity index (χ2v) is 5.73. The number of carbonyl (C=O) groups is 2. The van der Waals surface area contributed by atoms with E-state index in [1.54, 1.807) is 18.2 Å². The summed E-state index contributed by atoms with van der Waals surface area (Å²) in [6, 6.07) is 4.94. The third kappa shape index (κ3) is 2.59.